The quantitative estimate of drug-likeness (QED) is 0.382. The molecular weight excluding hydrogens is 332 g/mol. The molecular formula is C17H13ClN2O4. The molecule has 7 heteroatoms. The number of halogens is 1. The molecule has 0 heterocycles. The lowest BCUT2D eigenvalue weighted by Gasteiger charge is -2.03. The number of anilines is 1. The molecule has 0 aliphatic heterocycles. The maximum Gasteiger partial charge on any atom is 0.288 e. The molecule has 2 aromatic rings. The predicted molar refractivity (Wildman–Crippen MR) is 92.2 cm³/mol. The predicted octanol–water partition coefficient (Wildman–Crippen LogP) is 4.10. The number of nitrogens with one attached hydrogen (secondary N) is 1. The van der Waals surface area contributed by atoms with E-state index in [2.05, 4.69) is 5.32 Å². The molecule has 0 spiro atoms. The normalized spacial score (nSPS) is 10.6. The van der Waals surface area contributed by atoms with Gasteiger partial charge >= 0.3 is 0 Å². The summed E-state index contributed by atoms with van der Waals surface area (Å²) in [5, 5.41) is 13.5. The van der Waals surface area contributed by atoms with E-state index in [9.17, 15) is 19.7 Å². The molecule has 6 nitrogen and oxygen atoms in total. The highest BCUT2D eigenvalue weighted by Gasteiger charge is 2.11. The van der Waals surface area contributed by atoms with Gasteiger partial charge in [-0.2, -0.15) is 0 Å². The third kappa shape index (κ3) is 4.50. The first-order valence-corrected chi connectivity index (χ1v) is 7.28. The Hall–Kier alpha value is -2.99. The van der Waals surface area contributed by atoms with E-state index in [-0.39, 0.29) is 16.5 Å². The topological polar surface area (TPSA) is 89.3 Å². The van der Waals surface area contributed by atoms with Crippen molar-refractivity contribution in [2.24, 2.45) is 0 Å². The van der Waals surface area contributed by atoms with Crippen LogP contribution in [0.15, 0.2) is 48.5 Å². The van der Waals surface area contributed by atoms with Crippen molar-refractivity contribution < 1.29 is 14.5 Å². The number of ketones is 1. The maximum absolute atomic E-state index is 11.9. The van der Waals surface area contributed by atoms with Crippen LogP contribution in [0.5, 0.6) is 0 Å². The van der Waals surface area contributed by atoms with Crippen LogP contribution in [-0.2, 0) is 4.79 Å². The van der Waals surface area contributed by atoms with Crippen molar-refractivity contribution in [2.45, 2.75) is 6.92 Å². The number of amides is 1. The van der Waals surface area contributed by atoms with E-state index in [1.165, 1.54) is 31.2 Å². The van der Waals surface area contributed by atoms with Gasteiger partial charge in [-0.1, -0.05) is 17.7 Å². The van der Waals surface area contributed by atoms with Crippen molar-refractivity contribution in [3.63, 3.8) is 0 Å². The van der Waals surface area contributed by atoms with E-state index in [1.807, 2.05) is 0 Å². The first kappa shape index (κ1) is 17.4. The first-order valence-electron chi connectivity index (χ1n) is 6.91. The van der Waals surface area contributed by atoms with Gasteiger partial charge in [0, 0.05) is 23.4 Å². The molecule has 0 saturated heterocycles. The summed E-state index contributed by atoms with van der Waals surface area (Å²) >= 11 is 5.73. The van der Waals surface area contributed by atoms with Crippen molar-refractivity contribution in [3.05, 3.63) is 74.8 Å². The number of nitro groups is 1. The molecule has 2 rings (SSSR count). The molecule has 0 unspecified atom stereocenters. The highest BCUT2D eigenvalue weighted by molar-refractivity contribution is 6.32. The summed E-state index contributed by atoms with van der Waals surface area (Å²) in [5.41, 5.74) is 1.35. The second kappa shape index (κ2) is 7.52. The van der Waals surface area contributed by atoms with Crippen LogP contribution in [-0.4, -0.2) is 16.6 Å². The second-order valence-electron chi connectivity index (χ2n) is 4.92. The van der Waals surface area contributed by atoms with Gasteiger partial charge < -0.3 is 5.32 Å². The minimum atomic E-state index is -0.587. The number of rotatable bonds is 5. The van der Waals surface area contributed by atoms with Gasteiger partial charge in [0.1, 0.15) is 5.02 Å². The smallest absolute Gasteiger partial charge is 0.288 e. The van der Waals surface area contributed by atoms with Crippen LogP contribution < -0.4 is 5.32 Å². The number of hydrogen-bond donors (Lipinski definition) is 1. The summed E-state index contributed by atoms with van der Waals surface area (Å²) in [6.07, 6.45) is 2.70. The van der Waals surface area contributed by atoms with E-state index in [4.69, 9.17) is 11.6 Å². The number of hydrogen-bond acceptors (Lipinski definition) is 4. The zero-order valence-electron chi connectivity index (χ0n) is 12.7. The van der Waals surface area contributed by atoms with E-state index in [0.29, 0.717) is 16.8 Å². The standard InChI is InChI=1S/C17H13ClN2O4/c1-11(21)13-4-6-14(7-5-13)19-17(22)9-3-12-2-8-15(18)16(10-12)20(23)24/h2-10H,1H3,(H,19,22). The number of carbonyl (C=O) groups is 2. The highest BCUT2D eigenvalue weighted by atomic mass is 35.5. The van der Waals surface area contributed by atoms with Gasteiger partial charge in [-0.15, -0.1) is 0 Å². The average Bonchev–Trinajstić information content (AvgIpc) is 2.54. The van der Waals surface area contributed by atoms with E-state index in [0.717, 1.165) is 0 Å². The van der Waals surface area contributed by atoms with Gasteiger partial charge in [0.2, 0.25) is 5.91 Å². The number of nitro benzene ring substituents is 1. The van der Waals surface area contributed by atoms with Gasteiger partial charge in [-0.05, 0) is 48.9 Å². The van der Waals surface area contributed by atoms with Gasteiger partial charge in [-0.25, -0.2) is 0 Å². The van der Waals surface area contributed by atoms with E-state index < -0.39 is 10.8 Å². The van der Waals surface area contributed by atoms with Crippen molar-refractivity contribution >= 4 is 40.7 Å². The van der Waals surface area contributed by atoms with Crippen LogP contribution in [0.25, 0.3) is 6.08 Å². The molecule has 1 amide bonds. The average molecular weight is 345 g/mol. The Morgan fingerprint density at radius 3 is 2.42 bits per heavy atom. The number of carbonyl (C=O) groups excluding carboxylic acids is 2. The molecule has 0 aliphatic carbocycles. The summed E-state index contributed by atoms with van der Waals surface area (Å²) in [6, 6.07) is 10.7. The Labute approximate surface area is 142 Å². The highest BCUT2D eigenvalue weighted by Crippen LogP contribution is 2.25. The SMILES string of the molecule is CC(=O)c1ccc(NC(=O)C=Cc2ccc(Cl)c([N+](=O)[O-])c2)cc1. The zero-order chi connectivity index (χ0) is 17.7. The van der Waals surface area contributed by atoms with Crippen LogP contribution >= 0.6 is 11.6 Å². The van der Waals surface area contributed by atoms with E-state index in [1.54, 1.807) is 30.3 Å². The molecule has 2 aromatic carbocycles. The maximum atomic E-state index is 11.9. The van der Waals surface area contributed by atoms with Crippen molar-refractivity contribution in [1.29, 1.82) is 0 Å². The molecule has 24 heavy (non-hydrogen) atoms. The second-order valence-corrected chi connectivity index (χ2v) is 5.33. The Morgan fingerprint density at radius 2 is 1.83 bits per heavy atom. The molecule has 0 atom stereocenters. The minimum absolute atomic E-state index is 0.0344. The first-order chi connectivity index (χ1) is 11.4. The lowest BCUT2D eigenvalue weighted by atomic mass is 10.1. The van der Waals surface area contributed by atoms with Crippen LogP contribution in [0.4, 0.5) is 11.4 Å². The Balaban J connectivity index is 2.06. The Kier molecular flexibility index (Phi) is 5.44. The lowest BCUT2D eigenvalue weighted by Crippen LogP contribution is -2.07. The molecule has 0 aromatic heterocycles. The van der Waals surface area contributed by atoms with Crippen LogP contribution in [0.3, 0.4) is 0 Å². The Bertz CT molecular complexity index is 829. The van der Waals surface area contributed by atoms with Gasteiger partial charge in [0.05, 0.1) is 4.92 Å². The number of Topliss-reactive ketones (excluding diaryl/α,β-unsaturated/α-hetero) is 1. The van der Waals surface area contributed by atoms with E-state index >= 15 is 0 Å². The Morgan fingerprint density at radius 1 is 1.17 bits per heavy atom. The fourth-order valence-electron chi connectivity index (χ4n) is 1.92. The summed E-state index contributed by atoms with van der Waals surface area (Å²) in [7, 11) is 0. The number of benzene rings is 2. The lowest BCUT2D eigenvalue weighted by molar-refractivity contribution is -0.384. The third-order valence-corrected chi connectivity index (χ3v) is 3.47. The molecule has 1 N–H and O–H groups in total. The molecule has 0 radical (unpaired) electrons. The summed E-state index contributed by atoms with van der Waals surface area (Å²) in [6.45, 7) is 1.46. The fourth-order valence-corrected chi connectivity index (χ4v) is 2.10. The van der Waals surface area contributed by atoms with Crippen molar-refractivity contribution in [3.8, 4) is 0 Å². The minimum Gasteiger partial charge on any atom is -0.323 e. The monoisotopic (exact) mass is 344 g/mol. The van der Waals surface area contributed by atoms with Crippen LogP contribution in [0, 0.1) is 10.1 Å². The molecule has 0 fully saturated rings. The van der Waals surface area contributed by atoms with Gasteiger partial charge in [0.15, 0.2) is 5.78 Å². The number of nitrogens with zero attached hydrogens (tertiary/aromatic N) is 1. The van der Waals surface area contributed by atoms with Gasteiger partial charge in [-0.3, -0.25) is 19.7 Å². The zero-order valence-corrected chi connectivity index (χ0v) is 13.4. The van der Waals surface area contributed by atoms with Gasteiger partial charge in [0.25, 0.3) is 5.69 Å². The van der Waals surface area contributed by atoms with Crippen molar-refractivity contribution in [1.82, 2.24) is 0 Å². The third-order valence-electron chi connectivity index (χ3n) is 3.15. The summed E-state index contributed by atoms with van der Waals surface area (Å²) in [5.74, 6) is -0.458. The summed E-state index contributed by atoms with van der Waals surface area (Å²) in [4.78, 5) is 33.3. The largest absolute Gasteiger partial charge is 0.323 e. The molecule has 0 bridgehead atoms. The van der Waals surface area contributed by atoms with Crippen LogP contribution in [0.1, 0.15) is 22.8 Å². The fraction of sp³-hybridized carbons (Fsp3) is 0.0588. The summed E-state index contributed by atoms with van der Waals surface area (Å²) < 4.78 is 0. The molecule has 0 saturated carbocycles. The molecule has 0 aliphatic rings. The van der Waals surface area contributed by atoms with Crippen molar-refractivity contribution in [2.75, 3.05) is 5.32 Å². The molecule has 122 valence electrons. The van der Waals surface area contributed by atoms with Crippen LogP contribution in [0.2, 0.25) is 5.02 Å².